The third-order valence-electron chi connectivity index (χ3n) is 11.0. The molecule has 2 aromatic rings. The van der Waals surface area contributed by atoms with Gasteiger partial charge in [0.05, 0.1) is 21.0 Å². The summed E-state index contributed by atoms with van der Waals surface area (Å²) in [4.78, 5) is 12.7. The zero-order valence-corrected chi connectivity index (χ0v) is 36.4. The SMILES string of the molecule is CC1(C)C(/C=C/C2=C(Br)C(=C/C=C3/N(CCCCS(=O)(=O)O)c4ccc(S(=O)(=O)O)cc4C3(C)C)/CCC2)=[N+](CCCCCC(=O)O)c2ccc(S(=O)(=O)O)cc21. The Labute approximate surface area is 344 Å². The first kappa shape index (κ1) is 44.6. The maximum atomic E-state index is 12.1. The lowest BCUT2D eigenvalue weighted by atomic mass is 9.81. The molecule has 3 aliphatic rings. The highest BCUT2D eigenvalue weighted by Gasteiger charge is 2.45. The van der Waals surface area contributed by atoms with Gasteiger partial charge in [0.25, 0.3) is 30.4 Å². The van der Waals surface area contributed by atoms with Crippen LogP contribution in [0, 0.1) is 0 Å². The minimum Gasteiger partial charge on any atom is -0.481 e. The van der Waals surface area contributed by atoms with Crippen molar-refractivity contribution in [2.45, 2.75) is 106 Å². The van der Waals surface area contributed by atoms with Gasteiger partial charge in [-0.3, -0.25) is 18.5 Å². The minimum absolute atomic E-state index is 0.0828. The predicted octanol–water partition coefficient (Wildman–Crippen LogP) is 7.87. The van der Waals surface area contributed by atoms with Crippen LogP contribution in [-0.2, 0) is 46.0 Å². The van der Waals surface area contributed by atoms with Crippen molar-refractivity contribution in [3.05, 3.63) is 93.2 Å². The number of carboxylic acids is 1. The number of halogens is 1. The summed E-state index contributed by atoms with van der Waals surface area (Å²) in [5.74, 6) is -1.22. The van der Waals surface area contributed by atoms with Crippen molar-refractivity contribution >= 4 is 69.3 Å². The molecule has 0 bridgehead atoms. The Morgan fingerprint density at radius 1 is 0.807 bits per heavy atom. The van der Waals surface area contributed by atoms with Crippen molar-refractivity contribution in [1.29, 1.82) is 0 Å². The summed E-state index contributed by atoms with van der Waals surface area (Å²) in [7, 11) is -13.0. The van der Waals surface area contributed by atoms with Gasteiger partial charge in [0.15, 0.2) is 5.71 Å². The van der Waals surface area contributed by atoms with E-state index < -0.39 is 47.2 Å². The fourth-order valence-electron chi connectivity index (χ4n) is 7.96. The second-order valence-electron chi connectivity index (χ2n) is 15.7. The molecule has 0 saturated carbocycles. The Morgan fingerprint density at radius 3 is 2.09 bits per heavy atom. The van der Waals surface area contributed by atoms with Crippen LogP contribution in [0.15, 0.2) is 91.8 Å². The first-order valence-electron chi connectivity index (χ1n) is 18.7. The van der Waals surface area contributed by atoms with Gasteiger partial charge < -0.3 is 10.0 Å². The zero-order chi connectivity index (χ0) is 42.1. The molecular weight excluding hydrogens is 861 g/mol. The van der Waals surface area contributed by atoms with Gasteiger partial charge in [-0.05, 0) is 112 Å². The molecule has 2 aromatic carbocycles. The van der Waals surface area contributed by atoms with E-state index in [0.717, 1.165) is 63.2 Å². The molecule has 0 aromatic heterocycles. The predicted molar refractivity (Wildman–Crippen MR) is 223 cm³/mol. The molecule has 0 spiro atoms. The largest absolute Gasteiger partial charge is 0.481 e. The second kappa shape index (κ2) is 17.0. The zero-order valence-electron chi connectivity index (χ0n) is 32.4. The molecule has 0 atom stereocenters. The van der Waals surface area contributed by atoms with Gasteiger partial charge in [-0.15, -0.1) is 0 Å². The van der Waals surface area contributed by atoms with Gasteiger partial charge in [0.2, 0.25) is 5.69 Å². The highest BCUT2D eigenvalue weighted by molar-refractivity contribution is 9.12. The molecular formula is C40H50BrN2O11S3+. The molecule has 0 radical (unpaired) electrons. The van der Waals surface area contributed by atoms with Crippen molar-refractivity contribution in [2.24, 2.45) is 0 Å². The standard InChI is InChI=1S/C40H49BrN2O11S3/c1-39(2)31-25-29(56(49,50)51)16-18-33(31)42(22-7-5-6-13-37(44)45)35(39)20-14-27-11-10-12-28(38(27)41)15-21-36-40(3,4)32-26-30(57(52,53)54)17-19-34(32)43(36)23-8-9-24-55(46,47)48/h14-21,25-26H,5-13,22-24H2,1-4H3,(H3-,44,45,46,47,48,49,50,51,52,53,54)/p+1. The fraction of sp³-hybridized carbons (Fsp3) is 0.450. The second-order valence-corrected chi connectivity index (χ2v) is 20.9. The van der Waals surface area contributed by atoms with Gasteiger partial charge in [-0.2, -0.15) is 29.8 Å². The van der Waals surface area contributed by atoms with Gasteiger partial charge in [-0.25, -0.2) is 0 Å². The lowest BCUT2D eigenvalue weighted by Gasteiger charge is -2.27. The van der Waals surface area contributed by atoms with Crippen LogP contribution in [-0.4, -0.2) is 79.1 Å². The quantitative estimate of drug-likeness (QED) is 0.0722. The number of hydrogen-bond donors (Lipinski definition) is 4. The third-order valence-corrected chi connectivity index (χ3v) is 14.5. The highest BCUT2D eigenvalue weighted by Crippen LogP contribution is 2.49. The van der Waals surface area contributed by atoms with Crippen molar-refractivity contribution in [1.82, 2.24) is 0 Å². The monoisotopic (exact) mass is 909 g/mol. The molecule has 5 rings (SSSR count). The Hall–Kier alpha value is -3.45. The number of unbranched alkanes of at least 4 members (excludes halogenated alkanes) is 3. The molecule has 1 aliphatic carbocycles. The highest BCUT2D eigenvalue weighted by atomic mass is 79.9. The average molecular weight is 911 g/mol. The summed E-state index contributed by atoms with van der Waals surface area (Å²) in [5, 5.41) is 9.09. The van der Waals surface area contributed by atoms with Crippen molar-refractivity contribution in [3.8, 4) is 0 Å². The number of aliphatic carboxylic acids is 1. The van der Waals surface area contributed by atoms with Crippen LogP contribution in [0.25, 0.3) is 0 Å². The molecule has 2 heterocycles. The fourth-order valence-corrected chi connectivity index (χ4v) is 10.2. The molecule has 310 valence electrons. The van der Waals surface area contributed by atoms with Crippen LogP contribution in [0.3, 0.4) is 0 Å². The summed E-state index contributed by atoms with van der Waals surface area (Å²) in [6, 6.07) is 9.04. The van der Waals surface area contributed by atoms with E-state index in [4.69, 9.17) is 5.11 Å². The number of carboxylic acid groups (broad SMARTS) is 1. The van der Waals surface area contributed by atoms with E-state index in [0.29, 0.717) is 44.3 Å². The molecule has 2 aliphatic heterocycles. The number of anilines is 1. The Bertz CT molecular complexity index is 2450. The van der Waals surface area contributed by atoms with Crippen LogP contribution in [0.1, 0.15) is 96.6 Å². The number of fused-ring (bicyclic) bond motifs is 2. The van der Waals surface area contributed by atoms with Gasteiger partial charge >= 0.3 is 5.97 Å². The van der Waals surface area contributed by atoms with Crippen molar-refractivity contribution < 1.29 is 53.4 Å². The average Bonchev–Trinajstić information content (AvgIpc) is 3.45. The number of allylic oxidation sites excluding steroid dienone is 8. The van der Waals surface area contributed by atoms with E-state index in [-0.39, 0.29) is 28.4 Å². The third kappa shape index (κ3) is 10.2. The number of carbonyl (C=O) groups is 1. The molecule has 13 nitrogen and oxygen atoms in total. The smallest absolute Gasteiger partial charge is 0.303 e. The van der Waals surface area contributed by atoms with Gasteiger partial charge in [-0.1, -0.05) is 41.9 Å². The number of nitrogens with zero attached hydrogens (tertiary/aromatic N) is 2. The van der Waals surface area contributed by atoms with E-state index in [1.54, 1.807) is 12.1 Å². The maximum absolute atomic E-state index is 12.1. The van der Waals surface area contributed by atoms with Crippen LogP contribution in [0.5, 0.6) is 0 Å². The number of benzene rings is 2. The van der Waals surface area contributed by atoms with E-state index in [9.17, 15) is 43.7 Å². The number of rotatable bonds is 16. The van der Waals surface area contributed by atoms with Crippen LogP contribution < -0.4 is 4.90 Å². The molecule has 0 unspecified atom stereocenters. The van der Waals surface area contributed by atoms with Crippen LogP contribution >= 0.6 is 15.9 Å². The van der Waals surface area contributed by atoms with Crippen molar-refractivity contribution in [3.63, 3.8) is 0 Å². The van der Waals surface area contributed by atoms with Gasteiger partial charge in [0.1, 0.15) is 6.54 Å². The van der Waals surface area contributed by atoms with Crippen LogP contribution in [0.4, 0.5) is 11.4 Å². The van der Waals surface area contributed by atoms with E-state index >= 15 is 0 Å². The summed E-state index contributed by atoms with van der Waals surface area (Å²) in [6.45, 7) is 8.89. The lowest BCUT2D eigenvalue weighted by molar-refractivity contribution is -0.438. The molecule has 0 saturated heterocycles. The van der Waals surface area contributed by atoms with E-state index in [1.807, 2.05) is 50.8 Å². The summed E-state index contributed by atoms with van der Waals surface area (Å²) >= 11 is 3.86. The van der Waals surface area contributed by atoms with Gasteiger partial charge in [0, 0.05) is 58.4 Å². The Kier molecular flexibility index (Phi) is 13.3. The van der Waals surface area contributed by atoms with E-state index in [1.165, 1.54) is 24.3 Å². The molecule has 17 heteroatoms. The van der Waals surface area contributed by atoms with E-state index in [2.05, 4.69) is 26.6 Å². The maximum Gasteiger partial charge on any atom is 0.303 e. The molecule has 57 heavy (non-hydrogen) atoms. The first-order chi connectivity index (χ1) is 26.4. The minimum atomic E-state index is -4.47. The summed E-state index contributed by atoms with van der Waals surface area (Å²) < 4.78 is 103. The molecule has 4 N–H and O–H groups in total. The lowest BCUT2D eigenvalue weighted by Crippen LogP contribution is -2.28. The normalized spacial score (nSPS) is 19.6. The van der Waals surface area contributed by atoms with Crippen molar-refractivity contribution in [2.75, 3.05) is 23.7 Å². The molecule has 0 amide bonds. The summed E-state index contributed by atoms with van der Waals surface area (Å²) in [6.07, 6.45) is 13.2. The number of hydrogen-bond acceptors (Lipinski definition) is 8. The summed E-state index contributed by atoms with van der Waals surface area (Å²) in [5.41, 5.74) is 5.49. The first-order valence-corrected chi connectivity index (χ1v) is 24.0. The topological polar surface area (TPSA) is 207 Å². The Morgan fingerprint density at radius 2 is 1.46 bits per heavy atom. The molecule has 0 fully saturated rings. The Balaban J connectivity index is 1.50. The van der Waals surface area contributed by atoms with Crippen LogP contribution in [0.2, 0.25) is 0 Å².